The number of halogens is 1. The van der Waals surface area contributed by atoms with E-state index < -0.39 is 10.0 Å². The first-order valence-electron chi connectivity index (χ1n) is 5.79. The van der Waals surface area contributed by atoms with Crippen molar-refractivity contribution in [2.45, 2.75) is 18.4 Å². The Kier molecular flexibility index (Phi) is 4.24. The number of hydrogen-bond donors (Lipinski definition) is 1. The van der Waals surface area contributed by atoms with Crippen molar-refractivity contribution in [1.29, 1.82) is 0 Å². The van der Waals surface area contributed by atoms with Crippen LogP contribution in [0.15, 0.2) is 53.4 Å². The lowest BCUT2D eigenvalue weighted by molar-refractivity contribution is 0.581. The van der Waals surface area contributed by atoms with Crippen LogP contribution in [0.3, 0.4) is 0 Å². The molecule has 0 spiro atoms. The van der Waals surface area contributed by atoms with Gasteiger partial charge in [0.25, 0.3) is 0 Å². The van der Waals surface area contributed by atoms with Crippen LogP contribution in [0.2, 0.25) is 5.02 Å². The molecule has 2 rings (SSSR count). The largest absolute Gasteiger partial charge is 0.240 e. The number of benzene rings is 2. The van der Waals surface area contributed by atoms with Gasteiger partial charge in [0.2, 0.25) is 10.0 Å². The highest BCUT2D eigenvalue weighted by molar-refractivity contribution is 7.89. The van der Waals surface area contributed by atoms with Crippen molar-refractivity contribution >= 4 is 21.6 Å². The Bertz CT molecular complexity index is 669. The molecule has 0 saturated heterocycles. The second kappa shape index (κ2) is 5.74. The molecule has 0 unspecified atom stereocenters. The first kappa shape index (κ1) is 14.1. The van der Waals surface area contributed by atoms with Gasteiger partial charge in [-0.2, -0.15) is 0 Å². The predicted octanol–water partition coefficient (Wildman–Crippen LogP) is 3.13. The molecule has 0 amide bonds. The number of hydrogen-bond acceptors (Lipinski definition) is 2. The number of rotatable bonds is 4. The summed E-state index contributed by atoms with van der Waals surface area (Å²) in [4.78, 5) is 0.265. The maximum absolute atomic E-state index is 12.0. The van der Waals surface area contributed by atoms with Gasteiger partial charge >= 0.3 is 0 Å². The molecule has 100 valence electrons. The van der Waals surface area contributed by atoms with E-state index in [2.05, 4.69) is 4.72 Å². The summed E-state index contributed by atoms with van der Waals surface area (Å²) in [5, 5.41) is 0.646. The lowest BCUT2D eigenvalue weighted by Gasteiger charge is -2.09. The molecule has 0 aliphatic carbocycles. The third kappa shape index (κ3) is 3.56. The second-order valence-electron chi connectivity index (χ2n) is 4.21. The van der Waals surface area contributed by atoms with Gasteiger partial charge in [0.05, 0.1) is 4.90 Å². The Labute approximate surface area is 118 Å². The zero-order valence-corrected chi connectivity index (χ0v) is 12.0. The van der Waals surface area contributed by atoms with Gasteiger partial charge in [-0.3, -0.25) is 0 Å². The summed E-state index contributed by atoms with van der Waals surface area (Å²) in [6.07, 6.45) is 0. The van der Waals surface area contributed by atoms with Crippen LogP contribution in [-0.4, -0.2) is 8.42 Å². The third-order valence-corrected chi connectivity index (χ3v) is 4.46. The minimum absolute atomic E-state index is 0.250. The van der Waals surface area contributed by atoms with Crippen LogP contribution in [0, 0.1) is 6.92 Å². The maximum atomic E-state index is 12.0. The van der Waals surface area contributed by atoms with E-state index in [1.54, 1.807) is 36.4 Å². The Balaban J connectivity index is 2.14. The first-order valence-corrected chi connectivity index (χ1v) is 7.65. The smallest absolute Gasteiger partial charge is 0.207 e. The SMILES string of the molecule is Cc1cc(Cl)ccc1CNS(=O)(=O)c1ccccc1. The van der Waals surface area contributed by atoms with Crippen LogP contribution in [-0.2, 0) is 16.6 Å². The lowest BCUT2D eigenvalue weighted by Crippen LogP contribution is -2.23. The average molecular weight is 296 g/mol. The summed E-state index contributed by atoms with van der Waals surface area (Å²) in [5.41, 5.74) is 1.87. The summed E-state index contributed by atoms with van der Waals surface area (Å²) < 4.78 is 26.7. The zero-order valence-electron chi connectivity index (χ0n) is 10.4. The number of nitrogens with one attached hydrogen (secondary N) is 1. The molecule has 0 fully saturated rings. The minimum Gasteiger partial charge on any atom is -0.207 e. The quantitative estimate of drug-likeness (QED) is 0.942. The highest BCUT2D eigenvalue weighted by atomic mass is 35.5. The van der Waals surface area contributed by atoms with Gasteiger partial charge in [-0.1, -0.05) is 35.9 Å². The predicted molar refractivity (Wildman–Crippen MR) is 76.7 cm³/mol. The fraction of sp³-hybridized carbons (Fsp3) is 0.143. The molecular weight excluding hydrogens is 282 g/mol. The summed E-state index contributed by atoms with van der Waals surface area (Å²) in [7, 11) is -3.47. The molecule has 0 heterocycles. The molecule has 3 nitrogen and oxygen atoms in total. The molecule has 0 atom stereocenters. The van der Waals surface area contributed by atoms with Crippen LogP contribution in [0.5, 0.6) is 0 Å². The Morgan fingerprint density at radius 2 is 1.79 bits per heavy atom. The lowest BCUT2D eigenvalue weighted by atomic mass is 10.1. The van der Waals surface area contributed by atoms with Crippen molar-refractivity contribution in [2.75, 3.05) is 0 Å². The van der Waals surface area contributed by atoms with E-state index in [1.165, 1.54) is 0 Å². The summed E-state index contributed by atoms with van der Waals surface area (Å²) in [6.45, 7) is 2.15. The molecule has 0 aliphatic heterocycles. The average Bonchev–Trinajstić information content (AvgIpc) is 2.39. The molecule has 19 heavy (non-hydrogen) atoms. The third-order valence-electron chi connectivity index (χ3n) is 2.81. The van der Waals surface area contributed by atoms with Crippen LogP contribution in [0.1, 0.15) is 11.1 Å². The minimum atomic E-state index is -3.47. The van der Waals surface area contributed by atoms with Crippen molar-refractivity contribution in [1.82, 2.24) is 4.72 Å². The molecule has 5 heteroatoms. The first-order chi connectivity index (χ1) is 8.99. The zero-order chi connectivity index (χ0) is 13.9. The number of sulfonamides is 1. The van der Waals surface area contributed by atoms with Crippen molar-refractivity contribution in [3.63, 3.8) is 0 Å². The molecule has 2 aromatic carbocycles. The summed E-state index contributed by atoms with van der Waals surface area (Å²) >= 11 is 5.86. The molecule has 0 aliphatic rings. The van der Waals surface area contributed by atoms with Gasteiger partial charge in [0.1, 0.15) is 0 Å². The maximum Gasteiger partial charge on any atom is 0.240 e. The molecule has 0 saturated carbocycles. The topological polar surface area (TPSA) is 46.2 Å². The fourth-order valence-electron chi connectivity index (χ4n) is 1.71. The van der Waals surface area contributed by atoms with E-state index in [9.17, 15) is 8.42 Å². The molecule has 0 aromatic heterocycles. The van der Waals surface area contributed by atoms with E-state index >= 15 is 0 Å². The standard InChI is InChI=1S/C14H14ClNO2S/c1-11-9-13(15)8-7-12(11)10-16-19(17,18)14-5-3-2-4-6-14/h2-9,16H,10H2,1H3. The Morgan fingerprint density at radius 3 is 2.42 bits per heavy atom. The van der Waals surface area contributed by atoms with Gasteiger partial charge in [0, 0.05) is 11.6 Å². The summed E-state index contributed by atoms with van der Waals surface area (Å²) in [5.74, 6) is 0. The highest BCUT2D eigenvalue weighted by Crippen LogP contribution is 2.16. The molecule has 2 aromatic rings. The van der Waals surface area contributed by atoms with E-state index in [0.717, 1.165) is 11.1 Å². The van der Waals surface area contributed by atoms with Crippen LogP contribution in [0.4, 0.5) is 0 Å². The van der Waals surface area contributed by atoms with E-state index in [1.807, 2.05) is 19.1 Å². The van der Waals surface area contributed by atoms with Crippen LogP contribution in [0.25, 0.3) is 0 Å². The molecule has 0 radical (unpaired) electrons. The van der Waals surface area contributed by atoms with Crippen molar-refractivity contribution in [2.24, 2.45) is 0 Å². The van der Waals surface area contributed by atoms with Crippen molar-refractivity contribution in [3.8, 4) is 0 Å². The number of aryl methyl sites for hydroxylation is 1. The van der Waals surface area contributed by atoms with Gasteiger partial charge in [0.15, 0.2) is 0 Å². The van der Waals surface area contributed by atoms with Crippen molar-refractivity contribution < 1.29 is 8.42 Å². The summed E-state index contributed by atoms with van der Waals surface area (Å²) in [6, 6.07) is 13.7. The van der Waals surface area contributed by atoms with E-state index in [-0.39, 0.29) is 11.4 Å². The molecule has 1 N–H and O–H groups in total. The van der Waals surface area contributed by atoms with Gasteiger partial charge in [-0.05, 0) is 42.3 Å². The Hall–Kier alpha value is -1.36. The second-order valence-corrected chi connectivity index (χ2v) is 6.41. The monoisotopic (exact) mass is 295 g/mol. The molecule has 0 bridgehead atoms. The van der Waals surface area contributed by atoms with Gasteiger partial charge in [-0.25, -0.2) is 13.1 Å². The van der Waals surface area contributed by atoms with E-state index in [4.69, 9.17) is 11.6 Å². The fourth-order valence-corrected chi connectivity index (χ4v) is 2.97. The van der Waals surface area contributed by atoms with Crippen LogP contribution >= 0.6 is 11.6 Å². The molecular formula is C14H14ClNO2S. The normalized spacial score (nSPS) is 11.5. The van der Waals surface area contributed by atoms with Crippen molar-refractivity contribution in [3.05, 3.63) is 64.7 Å². The van der Waals surface area contributed by atoms with Gasteiger partial charge < -0.3 is 0 Å². The van der Waals surface area contributed by atoms with E-state index in [0.29, 0.717) is 5.02 Å². The van der Waals surface area contributed by atoms with Gasteiger partial charge in [-0.15, -0.1) is 0 Å². The highest BCUT2D eigenvalue weighted by Gasteiger charge is 2.13. The Morgan fingerprint density at radius 1 is 1.11 bits per heavy atom. The van der Waals surface area contributed by atoms with Crippen LogP contribution < -0.4 is 4.72 Å².